The molecule has 3 aromatic rings. The van der Waals surface area contributed by atoms with E-state index in [1.54, 1.807) is 13.3 Å². The van der Waals surface area contributed by atoms with E-state index in [4.69, 9.17) is 4.74 Å². The molecule has 0 saturated heterocycles. The highest BCUT2D eigenvalue weighted by Crippen LogP contribution is 2.34. The number of carbonyl (C=O) groups is 1. The summed E-state index contributed by atoms with van der Waals surface area (Å²) in [7, 11) is 1.59. The number of fused-ring (bicyclic) bond motifs is 1. The number of hydrogen-bond donors (Lipinski definition) is 1. The molecule has 1 N–H and O–H groups in total. The van der Waals surface area contributed by atoms with Crippen LogP contribution in [0.2, 0.25) is 0 Å². The Labute approximate surface area is 134 Å². The average Bonchev–Trinajstić information content (AvgIpc) is 2.95. The van der Waals surface area contributed by atoms with Crippen LogP contribution >= 0.6 is 0 Å². The molecule has 0 radical (unpaired) electrons. The second-order valence-electron chi connectivity index (χ2n) is 5.51. The summed E-state index contributed by atoms with van der Waals surface area (Å²) >= 11 is 0. The van der Waals surface area contributed by atoms with Gasteiger partial charge in [0.2, 0.25) is 0 Å². The Hall–Kier alpha value is -2.82. The van der Waals surface area contributed by atoms with Crippen molar-refractivity contribution in [3.8, 4) is 5.75 Å². The van der Waals surface area contributed by atoms with Gasteiger partial charge in [0, 0.05) is 23.9 Å². The van der Waals surface area contributed by atoms with Crippen LogP contribution in [0.25, 0.3) is 5.65 Å². The number of ether oxygens (including phenoxy) is 1. The lowest BCUT2D eigenvalue weighted by Gasteiger charge is -2.18. The maximum atomic E-state index is 11.4. The van der Waals surface area contributed by atoms with Gasteiger partial charge in [0.05, 0.1) is 19.2 Å². The molecule has 2 aromatic heterocycles. The van der Waals surface area contributed by atoms with E-state index >= 15 is 0 Å². The summed E-state index contributed by atoms with van der Waals surface area (Å²) in [5.74, 6) is -0.509. The third kappa shape index (κ3) is 2.90. The fourth-order valence-electron chi connectivity index (χ4n) is 2.86. The summed E-state index contributed by atoms with van der Waals surface area (Å²) in [6, 6.07) is 11.5. The molecular weight excluding hydrogens is 292 g/mol. The number of rotatable bonds is 5. The lowest BCUT2D eigenvalue weighted by Crippen LogP contribution is -2.11. The number of carboxylic acids is 1. The quantitative estimate of drug-likeness (QED) is 0.785. The van der Waals surface area contributed by atoms with Gasteiger partial charge in [0.15, 0.2) is 0 Å². The smallest absolute Gasteiger partial charge is 0.304 e. The molecule has 0 spiro atoms. The standard InChI is InChI=1S/C18H18N2O3/c1-12-7-8-20-15(11-19-17(20)9-12)14(10-18(21)22)13-5-3-4-6-16(13)23-2/h3-9,11,14H,10H2,1-2H3,(H,21,22). The average molecular weight is 310 g/mol. The largest absolute Gasteiger partial charge is 0.496 e. The van der Waals surface area contributed by atoms with E-state index < -0.39 is 5.97 Å². The van der Waals surface area contributed by atoms with Gasteiger partial charge in [0.25, 0.3) is 0 Å². The molecule has 1 aromatic carbocycles. The first kappa shape index (κ1) is 15.1. The summed E-state index contributed by atoms with van der Waals surface area (Å²) in [5, 5.41) is 9.35. The number of methoxy groups -OCH3 is 1. The Morgan fingerprint density at radius 2 is 2.13 bits per heavy atom. The second-order valence-corrected chi connectivity index (χ2v) is 5.51. The van der Waals surface area contributed by atoms with Crippen molar-refractivity contribution in [1.29, 1.82) is 0 Å². The summed E-state index contributed by atoms with van der Waals surface area (Å²) in [6.45, 7) is 2.00. The molecule has 23 heavy (non-hydrogen) atoms. The highest BCUT2D eigenvalue weighted by molar-refractivity contribution is 5.69. The number of aryl methyl sites for hydroxylation is 1. The number of hydrogen-bond acceptors (Lipinski definition) is 3. The highest BCUT2D eigenvalue weighted by atomic mass is 16.5. The molecule has 1 atom stereocenters. The molecule has 0 aliphatic rings. The predicted octanol–water partition coefficient (Wildman–Crippen LogP) is 3.26. The van der Waals surface area contributed by atoms with Crippen molar-refractivity contribution in [3.63, 3.8) is 0 Å². The summed E-state index contributed by atoms with van der Waals surface area (Å²) < 4.78 is 7.35. The lowest BCUT2D eigenvalue weighted by atomic mass is 9.92. The predicted molar refractivity (Wildman–Crippen MR) is 87.0 cm³/mol. The minimum atomic E-state index is -0.858. The minimum absolute atomic E-state index is 0.0258. The van der Waals surface area contributed by atoms with E-state index in [1.807, 2.05) is 53.9 Å². The van der Waals surface area contributed by atoms with Crippen LogP contribution in [-0.4, -0.2) is 27.6 Å². The fraction of sp³-hybridized carbons (Fsp3) is 0.222. The topological polar surface area (TPSA) is 63.8 Å². The van der Waals surface area contributed by atoms with Crippen molar-refractivity contribution in [1.82, 2.24) is 9.38 Å². The molecule has 0 bridgehead atoms. The summed E-state index contributed by atoms with van der Waals surface area (Å²) in [4.78, 5) is 15.8. The van der Waals surface area contributed by atoms with Crippen LogP contribution in [0, 0.1) is 6.92 Å². The number of benzene rings is 1. The first-order chi connectivity index (χ1) is 11.1. The van der Waals surface area contributed by atoms with Gasteiger partial charge in [-0.15, -0.1) is 0 Å². The summed E-state index contributed by atoms with van der Waals surface area (Å²) in [6.07, 6.45) is 3.65. The Bertz CT molecular complexity index is 854. The van der Waals surface area contributed by atoms with Gasteiger partial charge in [-0.05, 0) is 30.7 Å². The van der Waals surface area contributed by atoms with E-state index in [0.29, 0.717) is 5.75 Å². The number of para-hydroxylation sites is 1. The van der Waals surface area contributed by atoms with E-state index in [1.165, 1.54) is 0 Å². The van der Waals surface area contributed by atoms with Crippen molar-refractivity contribution in [2.75, 3.05) is 7.11 Å². The van der Waals surface area contributed by atoms with Crippen LogP contribution < -0.4 is 4.74 Å². The Morgan fingerprint density at radius 3 is 2.87 bits per heavy atom. The number of pyridine rings is 1. The van der Waals surface area contributed by atoms with Crippen LogP contribution in [0.3, 0.4) is 0 Å². The highest BCUT2D eigenvalue weighted by Gasteiger charge is 2.24. The van der Waals surface area contributed by atoms with Gasteiger partial charge in [-0.25, -0.2) is 4.98 Å². The fourth-order valence-corrected chi connectivity index (χ4v) is 2.86. The Kier molecular flexibility index (Phi) is 4.02. The van der Waals surface area contributed by atoms with E-state index in [9.17, 15) is 9.90 Å². The number of aliphatic carboxylic acids is 1. The van der Waals surface area contributed by atoms with Crippen LogP contribution in [0.4, 0.5) is 0 Å². The molecule has 2 heterocycles. The molecule has 0 saturated carbocycles. The molecule has 0 aliphatic carbocycles. The van der Waals surface area contributed by atoms with Crippen molar-refractivity contribution in [3.05, 3.63) is 65.6 Å². The lowest BCUT2D eigenvalue weighted by molar-refractivity contribution is -0.137. The zero-order valence-corrected chi connectivity index (χ0v) is 13.1. The third-order valence-corrected chi connectivity index (χ3v) is 3.95. The maximum absolute atomic E-state index is 11.4. The van der Waals surface area contributed by atoms with Gasteiger partial charge < -0.3 is 14.2 Å². The molecule has 5 nitrogen and oxygen atoms in total. The van der Waals surface area contributed by atoms with Gasteiger partial charge in [0.1, 0.15) is 11.4 Å². The molecule has 5 heteroatoms. The first-order valence-corrected chi connectivity index (χ1v) is 7.38. The van der Waals surface area contributed by atoms with Gasteiger partial charge in [-0.2, -0.15) is 0 Å². The second kappa shape index (κ2) is 6.12. The van der Waals surface area contributed by atoms with E-state index in [-0.39, 0.29) is 12.3 Å². The van der Waals surface area contributed by atoms with Gasteiger partial charge >= 0.3 is 5.97 Å². The minimum Gasteiger partial charge on any atom is -0.496 e. The van der Waals surface area contributed by atoms with Crippen molar-refractivity contribution in [2.24, 2.45) is 0 Å². The monoisotopic (exact) mass is 310 g/mol. The van der Waals surface area contributed by atoms with Crippen LogP contribution in [0.15, 0.2) is 48.8 Å². The molecule has 3 rings (SSSR count). The summed E-state index contributed by atoms with van der Waals surface area (Å²) in [5.41, 5.74) is 3.61. The molecular formula is C18H18N2O3. The van der Waals surface area contributed by atoms with Crippen molar-refractivity contribution >= 4 is 11.6 Å². The Balaban J connectivity index is 2.17. The molecule has 0 fully saturated rings. The number of nitrogens with zero attached hydrogens (tertiary/aromatic N) is 2. The van der Waals surface area contributed by atoms with Crippen LogP contribution in [0.1, 0.15) is 29.2 Å². The molecule has 118 valence electrons. The number of aromatic nitrogens is 2. The number of imidazole rings is 1. The molecule has 1 unspecified atom stereocenters. The molecule has 0 aliphatic heterocycles. The Morgan fingerprint density at radius 1 is 1.35 bits per heavy atom. The SMILES string of the molecule is COc1ccccc1C(CC(=O)O)c1cnc2cc(C)ccn12. The van der Waals surface area contributed by atoms with Crippen LogP contribution in [0.5, 0.6) is 5.75 Å². The van der Waals surface area contributed by atoms with E-state index in [2.05, 4.69) is 4.98 Å². The van der Waals surface area contributed by atoms with Gasteiger partial charge in [-0.1, -0.05) is 18.2 Å². The normalized spacial score (nSPS) is 12.3. The van der Waals surface area contributed by atoms with Gasteiger partial charge in [-0.3, -0.25) is 4.79 Å². The third-order valence-electron chi connectivity index (χ3n) is 3.95. The first-order valence-electron chi connectivity index (χ1n) is 7.38. The van der Waals surface area contributed by atoms with Crippen molar-refractivity contribution in [2.45, 2.75) is 19.3 Å². The number of carboxylic acid groups (broad SMARTS) is 1. The van der Waals surface area contributed by atoms with Crippen molar-refractivity contribution < 1.29 is 14.6 Å². The zero-order valence-electron chi connectivity index (χ0n) is 13.1. The maximum Gasteiger partial charge on any atom is 0.304 e. The van der Waals surface area contributed by atoms with Crippen LogP contribution in [-0.2, 0) is 4.79 Å². The van der Waals surface area contributed by atoms with E-state index in [0.717, 1.165) is 22.5 Å². The molecule has 0 amide bonds. The zero-order chi connectivity index (χ0) is 16.4.